The van der Waals surface area contributed by atoms with Crippen molar-refractivity contribution in [2.75, 3.05) is 4.90 Å². The number of ether oxygens (including phenoxy) is 1. The number of rotatable bonds is 7. The number of aliphatic hydroxyl groups is 1. The van der Waals surface area contributed by atoms with Crippen LogP contribution in [0.2, 0.25) is 5.02 Å². The van der Waals surface area contributed by atoms with Gasteiger partial charge in [-0.25, -0.2) is 4.98 Å². The molecule has 0 fully saturated rings. The van der Waals surface area contributed by atoms with Crippen LogP contribution < -0.4 is 9.64 Å². The third kappa shape index (κ3) is 4.69. The first-order chi connectivity index (χ1) is 18.9. The van der Waals surface area contributed by atoms with Crippen molar-refractivity contribution in [1.29, 1.82) is 0 Å². The molecule has 0 saturated carbocycles. The summed E-state index contributed by atoms with van der Waals surface area (Å²) in [6.07, 6.45) is 0. The molecule has 1 N–H and O–H groups in total. The van der Waals surface area contributed by atoms with E-state index in [-0.39, 0.29) is 11.3 Å². The van der Waals surface area contributed by atoms with Crippen LogP contribution in [0, 0.1) is 6.92 Å². The van der Waals surface area contributed by atoms with Gasteiger partial charge in [0.1, 0.15) is 18.1 Å². The number of hydrogen-bond donors (Lipinski definition) is 1. The summed E-state index contributed by atoms with van der Waals surface area (Å²) in [4.78, 5) is 33.1. The topological polar surface area (TPSA) is 92.9 Å². The van der Waals surface area contributed by atoms with Crippen molar-refractivity contribution in [3.63, 3.8) is 0 Å². The van der Waals surface area contributed by atoms with Crippen LogP contribution in [0.25, 0.3) is 10.2 Å². The first-order valence-electron chi connectivity index (χ1n) is 12.1. The standard InChI is InChI=1S/C30H21ClN2O5S/c1-17-10-13-23(38-17)27(34)25-26(19-8-5-9-21(14-19)37-16-18-6-3-2-4-7-18)33(29(36)28(25)35)30-32-22-12-11-20(31)15-24(22)39-30/h2-15,26,35H,16H2,1H3. The van der Waals surface area contributed by atoms with Gasteiger partial charge in [-0.15, -0.1) is 0 Å². The molecule has 7 nitrogen and oxygen atoms in total. The molecule has 3 aromatic carbocycles. The molecule has 5 aromatic rings. The van der Waals surface area contributed by atoms with Crippen molar-refractivity contribution in [3.05, 3.63) is 124 Å². The van der Waals surface area contributed by atoms with Crippen molar-refractivity contribution in [2.45, 2.75) is 19.6 Å². The van der Waals surface area contributed by atoms with E-state index in [9.17, 15) is 14.7 Å². The molecule has 9 heteroatoms. The fourth-order valence-electron chi connectivity index (χ4n) is 4.54. The van der Waals surface area contributed by atoms with Crippen molar-refractivity contribution in [2.24, 2.45) is 0 Å². The van der Waals surface area contributed by atoms with E-state index in [1.165, 1.54) is 22.3 Å². The highest BCUT2D eigenvalue weighted by atomic mass is 35.5. The van der Waals surface area contributed by atoms with E-state index in [0.717, 1.165) is 10.3 Å². The lowest BCUT2D eigenvalue weighted by atomic mass is 9.95. The maximum atomic E-state index is 13.6. The van der Waals surface area contributed by atoms with E-state index < -0.39 is 23.5 Å². The number of aromatic nitrogens is 1. The van der Waals surface area contributed by atoms with Crippen LogP contribution in [0.5, 0.6) is 5.75 Å². The van der Waals surface area contributed by atoms with Gasteiger partial charge < -0.3 is 14.3 Å². The summed E-state index contributed by atoms with van der Waals surface area (Å²) in [7, 11) is 0. The van der Waals surface area contributed by atoms with Crippen LogP contribution in [0.15, 0.2) is 101 Å². The molecule has 1 aliphatic rings. The van der Waals surface area contributed by atoms with Gasteiger partial charge in [0.15, 0.2) is 16.7 Å². The predicted octanol–water partition coefficient (Wildman–Crippen LogP) is 7.21. The van der Waals surface area contributed by atoms with Crippen LogP contribution in [0.1, 0.15) is 33.5 Å². The Bertz CT molecular complexity index is 1760. The number of nitrogens with zero attached hydrogens (tertiary/aromatic N) is 2. The number of thiazole rings is 1. The van der Waals surface area contributed by atoms with Gasteiger partial charge >= 0.3 is 0 Å². The van der Waals surface area contributed by atoms with Gasteiger partial charge in [-0.05, 0) is 60.5 Å². The van der Waals surface area contributed by atoms with Gasteiger partial charge in [-0.3, -0.25) is 14.5 Å². The number of amides is 1. The minimum absolute atomic E-state index is 0.0289. The van der Waals surface area contributed by atoms with Crippen molar-refractivity contribution in [1.82, 2.24) is 4.98 Å². The van der Waals surface area contributed by atoms with Gasteiger partial charge in [-0.2, -0.15) is 0 Å². The first-order valence-corrected chi connectivity index (χ1v) is 13.3. The summed E-state index contributed by atoms with van der Waals surface area (Å²) in [6, 6.07) is 24.3. The van der Waals surface area contributed by atoms with Gasteiger partial charge in [0, 0.05) is 5.02 Å². The molecule has 6 rings (SSSR count). The number of halogens is 1. The summed E-state index contributed by atoms with van der Waals surface area (Å²) >= 11 is 7.42. The molecule has 39 heavy (non-hydrogen) atoms. The molecule has 1 atom stereocenters. The fourth-order valence-corrected chi connectivity index (χ4v) is 5.81. The second-order valence-electron chi connectivity index (χ2n) is 9.03. The van der Waals surface area contributed by atoms with E-state index in [0.29, 0.717) is 39.4 Å². The van der Waals surface area contributed by atoms with E-state index >= 15 is 0 Å². The van der Waals surface area contributed by atoms with E-state index in [1.807, 2.05) is 30.3 Å². The number of Topliss-reactive ketones (excluding diaryl/α,β-unsaturated/α-hetero) is 1. The lowest BCUT2D eigenvalue weighted by Gasteiger charge is -2.24. The number of carbonyl (C=O) groups excluding carboxylic acids is 2. The van der Waals surface area contributed by atoms with Gasteiger partial charge in [0.2, 0.25) is 5.78 Å². The Hall–Kier alpha value is -4.40. The summed E-state index contributed by atoms with van der Waals surface area (Å²) in [5.41, 5.74) is 2.12. The molecular weight excluding hydrogens is 536 g/mol. The van der Waals surface area contributed by atoms with Crippen molar-refractivity contribution >= 4 is 50.0 Å². The molecule has 0 bridgehead atoms. The second kappa shape index (κ2) is 10.1. The molecule has 194 valence electrons. The maximum Gasteiger partial charge on any atom is 0.296 e. The molecule has 0 spiro atoms. The molecule has 2 aromatic heterocycles. The van der Waals surface area contributed by atoms with Gasteiger partial charge in [-0.1, -0.05) is 65.4 Å². The van der Waals surface area contributed by atoms with Crippen molar-refractivity contribution < 1.29 is 23.8 Å². The molecule has 3 heterocycles. The highest BCUT2D eigenvalue weighted by molar-refractivity contribution is 7.22. The molecule has 0 aliphatic carbocycles. The summed E-state index contributed by atoms with van der Waals surface area (Å²) in [5.74, 6) is -0.843. The third-order valence-corrected chi connectivity index (χ3v) is 7.64. The van der Waals surface area contributed by atoms with Crippen molar-refractivity contribution in [3.8, 4) is 5.75 Å². The normalized spacial score (nSPS) is 15.4. The molecule has 1 aliphatic heterocycles. The maximum absolute atomic E-state index is 13.6. The predicted molar refractivity (Wildman–Crippen MR) is 150 cm³/mol. The number of benzene rings is 3. The van der Waals surface area contributed by atoms with Crippen LogP contribution in [0.4, 0.5) is 5.13 Å². The minimum Gasteiger partial charge on any atom is -0.503 e. The highest BCUT2D eigenvalue weighted by Crippen LogP contribution is 2.45. The van der Waals surface area contributed by atoms with Crippen LogP contribution >= 0.6 is 22.9 Å². The Balaban J connectivity index is 1.44. The zero-order valence-corrected chi connectivity index (χ0v) is 22.2. The summed E-state index contributed by atoms with van der Waals surface area (Å²) in [6.45, 7) is 2.06. The van der Waals surface area contributed by atoms with E-state index in [1.54, 1.807) is 55.5 Å². The summed E-state index contributed by atoms with van der Waals surface area (Å²) in [5, 5.41) is 11.9. The molecular formula is C30H21ClN2O5S. The molecule has 0 saturated heterocycles. The number of carbonyl (C=O) groups is 2. The number of ketones is 1. The number of fused-ring (bicyclic) bond motifs is 1. The largest absolute Gasteiger partial charge is 0.503 e. The molecule has 1 amide bonds. The van der Waals surface area contributed by atoms with Crippen LogP contribution in [-0.4, -0.2) is 21.8 Å². The third-order valence-electron chi connectivity index (χ3n) is 6.38. The lowest BCUT2D eigenvalue weighted by molar-refractivity contribution is -0.117. The van der Waals surface area contributed by atoms with E-state index in [2.05, 4.69) is 4.98 Å². The number of furan rings is 1. The molecule has 1 unspecified atom stereocenters. The SMILES string of the molecule is Cc1ccc(C(=O)C2=C(O)C(=O)N(c3nc4ccc(Cl)cc4s3)C2c2cccc(OCc3ccccc3)c2)o1. The fraction of sp³-hybridized carbons (Fsp3) is 0.100. The van der Waals surface area contributed by atoms with Crippen LogP contribution in [0.3, 0.4) is 0 Å². The number of aliphatic hydroxyl groups excluding tert-OH is 1. The Morgan fingerprint density at radius 3 is 2.67 bits per heavy atom. The Kier molecular flexibility index (Phi) is 6.42. The first kappa shape index (κ1) is 24.9. The number of aryl methyl sites for hydroxylation is 1. The Morgan fingerprint density at radius 1 is 1.08 bits per heavy atom. The quantitative estimate of drug-likeness (QED) is 0.213. The van der Waals surface area contributed by atoms with E-state index in [4.69, 9.17) is 20.8 Å². The Morgan fingerprint density at radius 2 is 1.90 bits per heavy atom. The van der Waals surface area contributed by atoms with Gasteiger partial charge in [0.25, 0.3) is 5.91 Å². The highest BCUT2D eigenvalue weighted by Gasteiger charge is 2.46. The molecule has 0 radical (unpaired) electrons. The number of anilines is 1. The Labute approximate surface area is 232 Å². The average Bonchev–Trinajstić information content (AvgIpc) is 3.63. The number of hydrogen-bond acceptors (Lipinski definition) is 7. The zero-order chi connectivity index (χ0) is 27.1. The average molecular weight is 557 g/mol. The zero-order valence-electron chi connectivity index (χ0n) is 20.6. The summed E-state index contributed by atoms with van der Waals surface area (Å²) < 4.78 is 12.3. The lowest BCUT2D eigenvalue weighted by Crippen LogP contribution is -2.31. The second-order valence-corrected chi connectivity index (χ2v) is 10.5. The smallest absolute Gasteiger partial charge is 0.296 e. The van der Waals surface area contributed by atoms with Gasteiger partial charge in [0.05, 0.1) is 21.8 Å². The monoisotopic (exact) mass is 556 g/mol. The van der Waals surface area contributed by atoms with Crippen LogP contribution in [-0.2, 0) is 11.4 Å². The minimum atomic E-state index is -0.966.